The van der Waals surface area contributed by atoms with E-state index in [0.717, 1.165) is 37.6 Å². The van der Waals surface area contributed by atoms with Crippen molar-refractivity contribution in [1.82, 2.24) is 20.4 Å². The van der Waals surface area contributed by atoms with Crippen molar-refractivity contribution in [1.29, 1.82) is 0 Å². The third-order valence-electron chi connectivity index (χ3n) is 4.41. The van der Waals surface area contributed by atoms with Gasteiger partial charge in [-0.2, -0.15) is 4.98 Å². The Hall–Kier alpha value is -1.14. The Morgan fingerprint density at radius 2 is 2.18 bits per heavy atom. The molecule has 1 aromatic rings. The first-order chi connectivity index (χ1) is 10.2. The maximum atomic E-state index is 12.4. The number of carbonyl (C=O) groups excluding carboxylic acids is 1. The first kappa shape index (κ1) is 17.2. The summed E-state index contributed by atoms with van der Waals surface area (Å²) in [5, 5.41) is 7.21. The summed E-state index contributed by atoms with van der Waals surface area (Å²) >= 11 is 0. The quantitative estimate of drug-likeness (QED) is 0.894. The van der Waals surface area contributed by atoms with Crippen LogP contribution in [-0.2, 0) is 4.79 Å². The molecule has 1 N–H and O–H groups in total. The first-order valence-corrected chi connectivity index (χ1v) is 7.96. The van der Waals surface area contributed by atoms with Gasteiger partial charge in [0.25, 0.3) is 0 Å². The average molecular weight is 329 g/mol. The van der Waals surface area contributed by atoms with Crippen molar-refractivity contribution in [3.05, 3.63) is 11.7 Å². The lowest BCUT2D eigenvalue weighted by Gasteiger charge is -2.33. The number of hydrogen-bond acceptors (Lipinski definition) is 5. The van der Waals surface area contributed by atoms with Crippen molar-refractivity contribution < 1.29 is 9.32 Å². The molecule has 124 valence electrons. The van der Waals surface area contributed by atoms with Crippen molar-refractivity contribution in [2.45, 2.75) is 44.4 Å². The number of likely N-dealkylation sites (tertiary alicyclic amines) is 1. The van der Waals surface area contributed by atoms with Gasteiger partial charge in [-0.25, -0.2) is 0 Å². The summed E-state index contributed by atoms with van der Waals surface area (Å²) in [6, 6.07) is 0. The summed E-state index contributed by atoms with van der Waals surface area (Å²) in [6.45, 7) is 4.25. The van der Waals surface area contributed by atoms with Gasteiger partial charge in [-0.15, -0.1) is 12.4 Å². The molecule has 3 rings (SSSR count). The number of piperidine rings is 1. The Balaban J connectivity index is 0.00000176. The zero-order valence-corrected chi connectivity index (χ0v) is 14.1. The fraction of sp³-hybridized carbons (Fsp3) is 0.800. The van der Waals surface area contributed by atoms with Gasteiger partial charge in [-0.05, 0) is 32.7 Å². The summed E-state index contributed by atoms with van der Waals surface area (Å²) in [7, 11) is 1.88. The number of amides is 1. The molecule has 1 amide bonds. The number of rotatable bonds is 5. The van der Waals surface area contributed by atoms with Gasteiger partial charge in [0.05, 0.1) is 0 Å². The lowest BCUT2D eigenvalue weighted by Crippen LogP contribution is -2.43. The van der Waals surface area contributed by atoms with Crippen LogP contribution in [0.4, 0.5) is 0 Å². The fourth-order valence-electron chi connectivity index (χ4n) is 3.00. The fourth-order valence-corrected chi connectivity index (χ4v) is 3.00. The summed E-state index contributed by atoms with van der Waals surface area (Å²) in [6.07, 6.45) is 4.38. The second kappa shape index (κ2) is 7.42. The summed E-state index contributed by atoms with van der Waals surface area (Å²) in [4.78, 5) is 18.9. The van der Waals surface area contributed by atoms with Crippen LogP contribution in [0.5, 0.6) is 0 Å². The Morgan fingerprint density at radius 1 is 1.41 bits per heavy atom. The monoisotopic (exact) mass is 328 g/mol. The van der Waals surface area contributed by atoms with E-state index in [4.69, 9.17) is 4.52 Å². The van der Waals surface area contributed by atoms with Crippen LogP contribution in [0.3, 0.4) is 0 Å². The lowest BCUT2D eigenvalue weighted by atomic mass is 9.96. The minimum absolute atomic E-state index is 0. The van der Waals surface area contributed by atoms with E-state index < -0.39 is 0 Å². The molecule has 2 heterocycles. The van der Waals surface area contributed by atoms with Gasteiger partial charge in [-0.3, -0.25) is 4.79 Å². The van der Waals surface area contributed by atoms with E-state index in [-0.39, 0.29) is 30.2 Å². The van der Waals surface area contributed by atoms with Crippen LogP contribution in [0.15, 0.2) is 4.52 Å². The Morgan fingerprint density at radius 3 is 2.86 bits per heavy atom. The molecule has 1 saturated heterocycles. The molecule has 2 aliphatic rings. The highest BCUT2D eigenvalue weighted by Gasteiger charge is 2.33. The van der Waals surface area contributed by atoms with Crippen LogP contribution in [0.1, 0.15) is 56.2 Å². The number of carbonyl (C=O) groups is 1. The molecule has 1 saturated carbocycles. The molecular formula is C15H25ClN4O2. The van der Waals surface area contributed by atoms with Crippen LogP contribution in [0, 0.1) is 5.92 Å². The second-order valence-corrected chi connectivity index (χ2v) is 6.35. The minimum atomic E-state index is 0. The smallest absolute Gasteiger partial charge is 0.229 e. The van der Waals surface area contributed by atoms with Crippen LogP contribution < -0.4 is 5.32 Å². The molecule has 22 heavy (non-hydrogen) atoms. The Bertz CT molecular complexity index is 503. The largest absolute Gasteiger partial charge is 0.342 e. The van der Waals surface area contributed by atoms with Gasteiger partial charge in [0.15, 0.2) is 5.82 Å². The van der Waals surface area contributed by atoms with Crippen LogP contribution in [0.25, 0.3) is 0 Å². The first-order valence-electron chi connectivity index (χ1n) is 7.96. The predicted molar refractivity (Wildman–Crippen MR) is 85.2 cm³/mol. The molecule has 1 aliphatic carbocycles. The molecule has 1 aromatic heterocycles. The van der Waals surface area contributed by atoms with Crippen molar-refractivity contribution in [3.8, 4) is 0 Å². The van der Waals surface area contributed by atoms with Crippen molar-refractivity contribution in [2.24, 2.45) is 5.92 Å². The van der Waals surface area contributed by atoms with Gasteiger partial charge >= 0.3 is 0 Å². The van der Waals surface area contributed by atoms with Crippen molar-refractivity contribution in [3.63, 3.8) is 0 Å². The lowest BCUT2D eigenvalue weighted by molar-refractivity contribution is -0.136. The zero-order chi connectivity index (χ0) is 14.8. The van der Waals surface area contributed by atoms with E-state index in [2.05, 4.69) is 15.5 Å². The summed E-state index contributed by atoms with van der Waals surface area (Å²) < 4.78 is 5.35. The molecule has 0 aromatic carbocycles. The molecule has 0 bridgehead atoms. The SMILES string of the molecule is CNCC(C)C(=O)N1CCCC(c2noc(C3CC3)n2)C1.Cl. The molecule has 6 nitrogen and oxygen atoms in total. The normalized spacial score (nSPS) is 23.0. The number of halogens is 1. The highest BCUT2D eigenvalue weighted by atomic mass is 35.5. The van der Waals surface area contributed by atoms with Crippen molar-refractivity contribution in [2.75, 3.05) is 26.7 Å². The second-order valence-electron chi connectivity index (χ2n) is 6.35. The Labute approximate surface area is 137 Å². The van der Waals surface area contributed by atoms with Crippen LogP contribution in [0.2, 0.25) is 0 Å². The summed E-state index contributed by atoms with van der Waals surface area (Å²) in [5.41, 5.74) is 0. The van der Waals surface area contributed by atoms with Gasteiger partial charge in [0, 0.05) is 37.4 Å². The van der Waals surface area contributed by atoms with E-state index >= 15 is 0 Å². The maximum absolute atomic E-state index is 12.4. The maximum Gasteiger partial charge on any atom is 0.229 e. The van der Waals surface area contributed by atoms with Crippen molar-refractivity contribution >= 4 is 18.3 Å². The third kappa shape index (κ3) is 3.79. The molecular weight excluding hydrogens is 304 g/mol. The van der Waals surface area contributed by atoms with Gasteiger partial charge in [0.1, 0.15) is 0 Å². The topological polar surface area (TPSA) is 71.3 Å². The van der Waals surface area contributed by atoms with E-state index in [1.807, 2.05) is 18.9 Å². The number of nitrogens with one attached hydrogen (secondary N) is 1. The molecule has 2 unspecified atom stereocenters. The third-order valence-corrected chi connectivity index (χ3v) is 4.41. The molecule has 1 aliphatic heterocycles. The molecule has 2 fully saturated rings. The predicted octanol–water partition coefficient (Wildman–Crippen LogP) is 1.93. The van der Waals surface area contributed by atoms with Crippen LogP contribution in [-0.4, -0.2) is 47.6 Å². The number of aromatic nitrogens is 2. The number of nitrogens with zero attached hydrogens (tertiary/aromatic N) is 3. The standard InChI is InChI=1S/C15H24N4O2.ClH/c1-10(8-16-2)15(20)19-7-3-4-12(9-19)13-17-14(21-18-13)11-5-6-11;/h10-12,16H,3-9H2,1-2H3;1H. The molecule has 7 heteroatoms. The Kier molecular flexibility index (Phi) is 5.81. The van der Waals surface area contributed by atoms with E-state index in [1.165, 1.54) is 12.8 Å². The number of hydrogen-bond donors (Lipinski definition) is 1. The summed E-state index contributed by atoms with van der Waals surface area (Å²) in [5.74, 6) is 2.53. The zero-order valence-electron chi connectivity index (χ0n) is 13.2. The van der Waals surface area contributed by atoms with E-state index in [1.54, 1.807) is 0 Å². The highest BCUT2D eigenvalue weighted by Crippen LogP contribution is 2.39. The van der Waals surface area contributed by atoms with E-state index in [0.29, 0.717) is 12.5 Å². The average Bonchev–Trinajstić information content (AvgIpc) is 3.24. The van der Waals surface area contributed by atoms with Gasteiger partial charge in [0.2, 0.25) is 11.8 Å². The highest BCUT2D eigenvalue weighted by molar-refractivity contribution is 5.85. The van der Waals surface area contributed by atoms with E-state index in [9.17, 15) is 4.79 Å². The minimum Gasteiger partial charge on any atom is -0.342 e. The molecule has 2 atom stereocenters. The van der Waals surface area contributed by atoms with Crippen LogP contribution >= 0.6 is 12.4 Å². The molecule has 0 spiro atoms. The molecule has 0 radical (unpaired) electrons. The van der Waals surface area contributed by atoms with Gasteiger partial charge in [-0.1, -0.05) is 12.1 Å². The van der Waals surface area contributed by atoms with Gasteiger partial charge < -0.3 is 14.7 Å².